The zero-order chi connectivity index (χ0) is 97.4. The number of nitrogens with zero attached hydrogens (tertiary/aromatic N) is 3. The summed E-state index contributed by atoms with van der Waals surface area (Å²) in [5.41, 5.74) is -18.9. The van der Waals surface area contributed by atoms with E-state index >= 15 is 0 Å². The Kier molecular flexibility index (Phi) is 43.0. The van der Waals surface area contributed by atoms with Gasteiger partial charge in [-0.2, -0.15) is 0 Å². The Bertz CT molecular complexity index is 3380. The fourth-order valence-corrected chi connectivity index (χ4v) is 33.1. The number of nitrogens with one attached hydrogen (secondary N) is 10. The van der Waals surface area contributed by atoms with Crippen LogP contribution in [0, 0.1) is 0 Å². The maximum Gasteiger partial charge on any atom is 0.355 e. The normalized spacial score (nSPS) is 21.5. The highest BCUT2D eigenvalue weighted by Gasteiger charge is 2.62. The van der Waals surface area contributed by atoms with Gasteiger partial charge >= 0.3 is 76.0 Å². The first-order chi connectivity index (χ1) is 53.2. The van der Waals surface area contributed by atoms with Gasteiger partial charge in [0.15, 0.2) is 0 Å². The molecule has 0 spiro atoms. The van der Waals surface area contributed by atoms with Crippen LogP contribution in [0.3, 0.4) is 0 Å². The van der Waals surface area contributed by atoms with Crippen LogP contribution < -0.4 is 53.2 Å². The van der Waals surface area contributed by atoms with E-state index in [-0.39, 0.29) is 84.9 Å². The van der Waals surface area contributed by atoms with Gasteiger partial charge in [-0.15, -0.1) is 0 Å². The Morgan fingerprint density at radius 2 is 0.344 bits per heavy atom. The maximum atomic E-state index is 12.3. The van der Waals surface area contributed by atoms with E-state index in [0.717, 1.165) is 64.2 Å². The van der Waals surface area contributed by atoms with Crippen LogP contribution in [-0.2, 0) is 69.6 Å². The molecule has 122 heavy (non-hydrogen) atoms. The number of rotatable bonds is 26. The molecule has 5 fully saturated rings. The second-order valence-corrected chi connectivity index (χ2v) is 57.3. The molecular formula is C64H143N13O35P10. The molecule has 5 aliphatic rings. The van der Waals surface area contributed by atoms with E-state index in [1.807, 2.05) is 0 Å². The van der Waals surface area contributed by atoms with Gasteiger partial charge in [0, 0.05) is 146 Å². The fraction of sp³-hybridized carbons (Fsp3) is 0.922. The molecule has 0 radical (unpaired) electrons. The lowest BCUT2D eigenvalue weighted by atomic mass is 9.79. The van der Waals surface area contributed by atoms with E-state index in [1.54, 1.807) is 34.6 Å². The van der Waals surface area contributed by atoms with Gasteiger partial charge in [0.2, 0.25) is 57.2 Å². The first-order valence-electron chi connectivity index (χ1n) is 38.3. The van der Waals surface area contributed by atoms with Crippen LogP contribution in [0.4, 0.5) is 0 Å². The minimum absolute atomic E-state index is 0.0727. The average molecular weight is 1960 g/mol. The topological polar surface area (TPSA) is 791 Å². The first-order valence-corrected chi connectivity index (χ1v) is 55.1. The molecule has 724 valence electrons. The number of piperidine rings is 5. The zero-order valence-corrected chi connectivity index (χ0v) is 83.0. The van der Waals surface area contributed by atoms with Gasteiger partial charge < -0.3 is 151 Å². The fourth-order valence-electron chi connectivity index (χ4n) is 18.0. The lowest BCUT2D eigenvalue weighted by molar-refractivity contribution is -0.121. The van der Waals surface area contributed by atoms with Gasteiger partial charge in [0.25, 0.3) is 0 Å². The summed E-state index contributed by atoms with van der Waals surface area (Å²) in [4.78, 5) is 245. The van der Waals surface area contributed by atoms with E-state index < -0.39 is 144 Å². The summed E-state index contributed by atoms with van der Waals surface area (Å²) in [7, 11) is -66.1. The molecule has 0 aromatic rings. The molecule has 5 amide bonds. The lowest BCUT2D eigenvalue weighted by Gasteiger charge is -2.46. The molecule has 0 saturated carbocycles. The zero-order valence-electron chi connectivity index (χ0n) is 74.1. The van der Waals surface area contributed by atoms with E-state index in [0.29, 0.717) is 30.2 Å². The van der Waals surface area contributed by atoms with Crippen molar-refractivity contribution in [3.05, 3.63) is 0 Å². The Hall–Kier alpha value is -1.47. The Labute approximate surface area is 714 Å². The highest BCUT2D eigenvalue weighted by molar-refractivity contribution is 7.73. The lowest BCUT2D eigenvalue weighted by Crippen LogP contribution is -2.62. The summed E-state index contributed by atoms with van der Waals surface area (Å²) in [6.45, 7) is 43.0. The third-order valence-electron chi connectivity index (χ3n) is 18.8. The molecule has 5 saturated heterocycles. The number of hydrogen-bond donors (Lipinski definition) is 30. The predicted octanol–water partition coefficient (Wildman–Crippen LogP) is 2.25. The van der Waals surface area contributed by atoms with E-state index in [4.69, 9.17) is 0 Å². The van der Waals surface area contributed by atoms with Crippen LogP contribution in [0.5, 0.6) is 0 Å². The number of carbonyl (C=O) groups is 5. The van der Waals surface area contributed by atoms with Crippen molar-refractivity contribution < 1.29 is 167 Å². The van der Waals surface area contributed by atoms with Gasteiger partial charge in [-0.05, 0) is 203 Å². The van der Waals surface area contributed by atoms with Gasteiger partial charge in [-0.25, -0.2) is 0 Å². The maximum absolute atomic E-state index is 12.3. The van der Waals surface area contributed by atoms with Gasteiger partial charge in [-0.3, -0.25) is 84.3 Å². The quantitative estimate of drug-likeness (QED) is 0.0552. The van der Waals surface area contributed by atoms with E-state index in [2.05, 4.69) is 192 Å². The largest absolute Gasteiger partial charge is 0.355 e. The van der Waals surface area contributed by atoms with E-state index in [1.165, 1.54) is 0 Å². The minimum atomic E-state index is -6.63. The molecule has 5 aliphatic heterocycles. The second kappa shape index (κ2) is 43.5. The monoisotopic (exact) mass is 1960 g/mol. The number of amides is 5. The summed E-state index contributed by atoms with van der Waals surface area (Å²) in [5.74, 6) is 0.363. The molecule has 0 aromatic heterocycles. The highest BCUT2D eigenvalue weighted by Crippen LogP contribution is 2.71. The van der Waals surface area contributed by atoms with Crippen LogP contribution in [-0.4, -0.2) is 282 Å². The third-order valence-corrected chi connectivity index (χ3v) is 36.9. The van der Waals surface area contributed by atoms with Crippen molar-refractivity contribution in [2.24, 2.45) is 0 Å². The Balaban J connectivity index is 0.00000167. The SMILES string of the molecule is CC(=O)NC1CC(C)(C)NC(C)(C)C1.CC(=O)NC1CC(C)(C)NC(C)(C)C1.CC(=O)NC1CC(C)(C)NC(C)(C)C1.CC(=O)NC1CC(C)(C)NC(C)(C)C1.CC(=O)NC1CC(C)(C)NC(C)(C)C1.O=P(O)(O)C(N(CCN(C(P(=O)(O)O)P(=O)(O)O)C(P(=O)(O)O)P(=O)(O)O)CCN(C(P(=O)(O)O)P(=O)(O)O)C(P(=O)(O)O)P(=O)(O)O)P(=O)(O)O. The minimum Gasteiger partial charge on any atom is -0.353 e. The van der Waals surface area contributed by atoms with Crippen molar-refractivity contribution in [3.8, 4) is 0 Å². The predicted molar refractivity (Wildman–Crippen MR) is 455 cm³/mol. The standard InChI is InChI=1S/5C11H22N2O.C9H33N3O30P10/c5*1-8(14)12-9-6-10(2,3)13-11(4,5)7-9;13-43(14,15)5(44(16,17)18)10(1-3-11(6(45(19,20)21)46(22,23)24)7(47(25,26)27)48(28,29)30)2-4-12(8(49(31,32)33)50(34,35)36)9(51(37,38)39)52(40,41)42/h5*9,13H,6-7H2,1-5H3,(H,12,14);5-9H,1-4H2,(H2,13,14,15)(H2,16,17,18)(H2,19,20,21)(H2,22,23,24)(H2,25,26,27)(H2,28,29,30)(H2,31,32,33)(H2,34,35,36)(H2,37,38,39)(H2,40,41,42). The molecule has 58 heteroatoms. The summed E-state index contributed by atoms with van der Waals surface area (Å²) in [6.07, 6.45) is 9.96. The van der Waals surface area contributed by atoms with Crippen molar-refractivity contribution in [2.45, 2.75) is 351 Å². The van der Waals surface area contributed by atoms with Crippen molar-refractivity contribution in [3.63, 3.8) is 0 Å². The van der Waals surface area contributed by atoms with Crippen LogP contribution in [0.2, 0.25) is 0 Å². The summed E-state index contributed by atoms with van der Waals surface area (Å²) in [6, 6.07) is 1.52. The van der Waals surface area contributed by atoms with Crippen molar-refractivity contribution in [1.82, 2.24) is 67.9 Å². The van der Waals surface area contributed by atoms with E-state index in [9.17, 15) is 167 Å². The third kappa shape index (κ3) is 46.1. The smallest absolute Gasteiger partial charge is 0.353 e. The van der Waals surface area contributed by atoms with Crippen LogP contribution in [0.15, 0.2) is 0 Å². The molecule has 0 bridgehead atoms. The van der Waals surface area contributed by atoms with Crippen LogP contribution >= 0.6 is 76.0 Å². The van der Waals surface area contributed by atoms with Crippen molar-refractivity contribution >= 4 is 105 Å². The number of carbonyl (C=O) groups excluding carboxylic acids is 5. The van der Waals surface area contributed by atoms with Crippen LogP contribution in [0.25, 0.3) is 0 Å². The van der Waals surface area contributed by atoms with Crippen molar-refractivity contribution in [2.75, 3.05) is 26.2 Å². The number of hydrogen-bond acceptors (Lipinski definition) is 23. The molecule has 0 unspecified atom stereocenters. The summed E-state index contributed by atoms with van der Waals surface area (Å²) < 4.78 is 121. The summed E-state index contributed by atoms with van der Waals surface area (Å²) in [5, 5.41) is 33.0. The van der Waals surface area contributed by atoms with Gasteiger partial charge in [0.1, 0.15) is 0 Å². The molecule has 0 aliphatic carbocycles. The van der Waals surface area contributed by atoms with Crippen molar-refractivity contribution in [1.29, 1.82) is 0 Å². The molecule has 5 rings (SSSR count). The molecule has 5 heterocycles. The Morgan fingerprint density at radius 1 is 0.238 bits per heavy atom. The molecule has 0 atom stereocenters. The molecule has 48 nitrogen and oxygen atoms in total. The van der Waals surface area contributed by atoms with Gasteiger partial charge in [-0.1, -0.05) is 0 Å². The Morgan fingerprint density at radius 3 is 0.434 bits per heavy atom. The second-order valence-electron chi connectivity index (χ2n) is 38.6. The molecule has 30 N–H and O–H groups in total. The molecular weight excluding hydrogens is 1820 g/mol. The van der Waals surface area contributed by atoms with Gasteiger partial charge in [0.05, 0.1) is 0 Å². The van der Waals surface area contributed by atoms with Crippen LogP contribution in [0.1, 0.15) is 237 Å². The molecule has 0 aromatic carbocycles. The summed E-state index contributed by atoms with van der Waals surface area (Å²) >= 11 is 0. The average Bonchev–Trinajstić information content (AvgIpc) is 0.756. The first kappa shape index (κ1) is 121. The highest BCUT2D eigenvalue weighted by atomic mass is 31.3.